The Morgan fingerprint density at radius 3 is 2.52 bits per heavy atom. The first-order chi connectivity index (χ1) is 9.77. The van der Waals surface area contributed by atoms with Crippen LogP contribution in [0.2, 0.25) is 0 Å². The Morgan fingerprint density at radius 1 is 1.24 bits per heavy atom. The Bertz CT molecular complexity index is 608. The van der Waals surface area contributed by atoms with Crippen LogP contribution >= 0.6 is 0 Å². The molecule has 0 aliphatic rings. The molecule has 114 valence electrons. The van der Waals surface area contributed by atoms with Crippen molar-refractivity contribution in [1.82, 2.24) is 9.78 Å². The Labute approximate surface area is 127 Å². The molecule has 1 aromatic heterocycles. The smallest absolute Gasteiger partial charge is 0.130 e. The molecule has 0 aliphatic heterocycles. The molecular formula is C18H26N2O. The molecule has 2 rings (SSSR count). The molecule has 1 atom stereocenters. The van der Waals surface area contributed by atoms with Crippen molar-refractivity contribution in [2.45, 2.75) is 47.1 Å². The molecule has 0 N–H and O–H groups in total. The van der Waals surface area contributed by atoms with Crippen LogP contribution in [0.5, 0.6) is 5.75 Å². The Morgan fingerprint density at radius 2 is 1.95 bits per heavy atom. The summed E-state index contributed by atoms with van der Waals surface area (Å²) in [4.78, 5) is 0. The second-order valence-electron chi connectivity index (χ2n) is 6.85. The zero-order valence-corrected chi connectivity index (χ0v) is 14.0. The first-order valence-electron chi connectivity index (χ1n) is 7.49. The summed E-state index contributed by atoms with van der Waals surface area (Å²) in [5.74, 6) is 1.41. The number of benzene rings is 1. The predicted molar refractivity (Wildman–Crippen MR) is 86.6 cm³/mol. The van der Waals surface area contributed by atoms with Crippen molar-refractivity contribution in [2.24, 2.45) is 12.5 Å². The van der Waals surface area contributed by atoms with Crippen LogP contribution in [0.1, 0.15) is 50.6 Å². The normalized spacial score (nSPS) is 13.2. The summed E-state index contributed by atoms with van der Waals surface area (Å²) in [6.45, 7) is 11.6. The molecule has 0 radical (unpaired) electrons. The molecule has 3 nitrogen and oxygen atoms in total. The fraction of sp³-hybridized carbons (Fsp3) is 0.500. The fourth-order valence-electron chi connectivity index (χ4n) is 2.33. The van der Waals surface area contributed by atoms with E-state index < -0.39 is 0 Å². The highest BCUT2D eigenvalue weighted by molar-refractivity contribution is 5.31. The second kappa shape index (κ2) is 5.92. The zero-order chi connectivity index (χ0) is 15.6. The van der Waals surface area contributed by atoms with E-state index in [0.717, 1.165) is 17.1 Å². The van der Waals surface area contributed by atoms with E-state index in [1.807, 2.05) is 24.7 Å². The summed E-state index contributed by atoms with van der Waals surface area (Å²) in [5, 5.41) is 4.34. The number of nitrogens with zero attached hydrogens (tertiary/aromatic N) is 2. The summed E-state index contributed by atoms with van der Waals surface area (Å²) in [5.41, 5.74) is 3.67. The van der Waals surface area contributed by atoms with Gasteiger partial charge in [-0.05, 0) is 42.0 Å². The van der Waals surface area contributed by atoms with Crippen LogP contribution < -0.4 is 4.74 Å². The van der Waals surface area contributed by atoms with E-state index in [1.54, 1.807) is 0 Å². The quantitative estimate of drug-likeness (QED) is 0.830. The number of ether oxygens (including phenoxy) is 1. The van der Waals surface area contributed by atoms with E-state index in [1.165, 1.54) is 5.56 Å². The lowest BCUT2D eigenvalue weighted by Crippen LogP contribution is -2.15. The lowest BCUT2D eigenvalue weighted by Gasteiger charge is -2.27. The third-order valence-electron chi connectivity index (χ3n) is 4.14. The summed E-state index contributed by atoms with van der Waals surface area (Å²) >= 11 is 0. The van der Waals surface area contributed by atoms with Crippen LogP contribution in [0.25, 0.3) is 0 Å². The van der Waals surface area contributed by atoms with E-state index in [0.29, 0.717) is 12.5 Å². The minimum atomic E-state index is 0.248. The third-order valence-corrected chi connectivity index (χ3v) is 4.14. The molecule has 0 amide bonds. The topological polar surface area (TPSA) is 27.1 Å². The van der Waals surface area contributed by atoms with Gasteiger partial charge in [0.25, 0.3) is 0 Å². The van der Waals surface area contributed by atoms with Crippen LogP contribution in [0, 0.1) is 12.3 Å². The predicted octanol–water partition coefficient (Wildman–Crippen LogP) is 4.46. The summed E-state index contributed by atoms with van der Waals surface area (Å²) < 4.78 is 7.80. The Kier molecular flexibility index (Phi) is 4.40. The minimum absolute atomic E-state index is 0.248. The number of rotatable bonds is 4. The van der Waals surface area contributed by atoms with Gasteiger partial charge >= 0.3 is 0 Å². The number of hydrogen-bond donors (Lipinski definition) is 0. The third kappa shape index (κ3) is 3.87. The molecule has 0 spiro atoms. The van der Waals surface area contributed by atoms with Crippen molar-refractivity contribution in [3.63, 3.8) is 0 Å². The lowest BCUT2D eigenvalue weighted by atomic mass is 9.78. The molecule has 0 bridgehead atoms. The van der Waals surface area contributed by atoms with Crippen LogP contribution in [0.15, 0.2) is 30.3 Å². The highest BCUT2D eigenvalue weighted by Crippen LogP contribution is 2.35. The standard InChI is InChI=1S/C18H26N2O/c1-13-10-16(20(6)19-13)12-21-17-9-7-8-15(11-17)14(2)18(3,4)5/h7-11,14H,12H2,1-6H3. The van der Waals surface area contributed by atoms with Gasteiger partial charge in [0.05, 0.1) is 11.4 Å². The molecule has 1 heterocycles. The molecule has 0 saturated heterocycles. The average Bonchev–Trinajstić information content (AvgIpc) is 2.73. The Balaban J connectivity index is 2.10. The van der Waals surface area contributed by atoms with Crippen molar-refractivity contribution < 1.29 is 4.74 Å². The molecule has 0 saturated carbocycles. The van der Waals surface area contributed by atoms with Gasteiger partial charge in [-0.15, -0.1) is 0 Å². The Hall–Kier alpha value is -1.77. The van der Waals surface area contributed by atoms with Crippen molar-refractivity contribution >= 4 is 0 Å². The summed E-state index contributed by atoms with van der Waals surface area (Å²) in [7, 11) is 1.95. The fourth-order valence-corrected chi connectivity index (χ4v) is 2.33. The largest absolute Gasteiger partial charge is 0.487 e. The molecule has 21 heavy (non-hydrogen) atoms. The molecule has 1 aromatic carbocycles. The first-order valence-corrected chi connectivity index (χ1v) is 7.49. The SMILES string of the molecule is Cc1cc(COc2cccc(C(C)C(C)(C)C)c2)n(C)n1. The van der Waals surface area contributed by atoms with Gasteiger partial charge in [0, 0.05) is 7.05 Å². The van der Waals surface area contributed by atoms with E-state index >= 15 is 0 Å². The number of hydrogen-bond acceptors (Lipinski definition) is 2. The monoisotopic (exact) mass is 286 g/mol. The van der Waals surface area contributed by atoms with Crippen molar-refractivity contribution in [3.8, 4) is 5.75 Å². The van der Waals surface area contributed by atoms with Crippen molar-refractivity contribution in [1.29, 1.82) is 0 Å². The molecule has 0 fully saturated rings. The number of aryl methyl sites for hydroxylation is 2. The van der Waals surface area contributed by atoms with Gasteiger partial charge in [0.15, 0.2) is 0 Å². The first kappa shape index (κ1) is 15.6. The van der Waals surface area contributed by atoms with Gasteiger partial charge in [0.2, 0.25) is 0 Å². The maximum atomic E-state index is 5.93. The summed E-state index contributed by atoms with van der Waals surface area (Å²) in [6.07, 6.45) is 0. The molecular weight excluding hydrogens is 260 g/mol. The average molecular weight is 286 g/mol. The van der Waals surface area contributed by atoms with Crippen LogP contribution in [0.3, 0.4) is 0 Å². The molecule has 2 aromatic rings. The highest BCUT2D eigenvalue weighted by Gasteiger charge is 2.21. The zero-order valence-electron chi connectivity index (χ0n) is 14.0. The van der Waals surface area contributed by atoms with Crippen molar-refractivity contribution in [2.75, 3.05) is 0 Å². The van der Waals surface area contributed by atoms with Gasteiger partial charge in [-0.1, -0.05) is 39.8 Å². The van der Waals surface area contributed by atoms with Crippen LogP contribution in [-0.2, 0) is 13.7 Å². The molecule has 3 heteroatoms. The summed E-state index contributed by atoms with van der Waals surface area (Å²) in [6, 6.07) is 10.5. The van der Waals surface area contributed by atoms with Gasteiger partial charge in [-0.2, -0.15) is 5.10 Å². The van der Waals surface area contributed by atoms with Gasteiger partial charge in [-0.3, -0.25) is 4.68 Å². The maximum absolute atomic E-state index is 5.93. The van der Waals surface area contributed by atoms with Crippen LogP contribution in [0.4, 0.5) is 0 Å². The molecule has 0 aliphatic carbocycles. The maximum Gasteiger partial charge on any atom is 0.130 e. The van der Waals surface area contributed by atoms with E-state index in [-0.39, 0.29) is 5.41 Å². The van der Waals surface area contributed by atoms with E-state index in [9.17, 15) is 0 Å². The number of aromatic nitrogens is 2. The highest BCUT2D eigenvalue weighted by atomic mass is 16.5. The minimum Gasteiger partial charge on any atom is -0.487 e. The van der Waals surface area contributed by atoms with E-state index in [2.05, 4.69) is 57.1 Å². The van der Waals surface area contributed by atoms with Gasteiger partial charge < -0.3 is 4.74 Å². The second-order valence-corrected chi connectivity index (χ2v) is 6.85. The van der Waals surface area contributed by atoms with Gasteiger partial charge in [0.1, 0.15) is 12.4 Å². The molecule has 1 unspecified atom stereocenters. The van der Waals surface area contributed by atoms with Gasteiger partial charge in [-0.25, -0.2) is 0 Å². The van der Waals surface area contributed by atoms with Crippen molar-refractivity contribution in [3.05, 3.63) is 47.3 Å². The van der Waals surface area contributed by atoms with Crippen LogP contribution in [-0.4, -0.2) is 9.78 Å². The lowest BCUT2D eigenvalue weighted by molar-refractivity contribution is 0.292. The van der Waals surface area contributed by atoms with E-state index in [4.69, 9.17) is 4.74 Å².